The largest absolute Gasteiger partial charge is 0.343 e. The van der Waals surface area contributed by atoms with Crippen LogP contribution in [0.4, 0.5) is 0 Å². The summed E-state index contributed by atoms with van der Waals surface area (Å²) in [6.45, 7) is 0. The molecule has 2 aliphatic rings. The van der Waals surface area contributed by atoms with E-state index in [0.29, 0.717) is 19.3 Å². The van der Waals surface area contributed by atoms with E-state index in [4.69, 9.17) is 5.73 Å². The molecule has 0 aromatic heterocycles. The maximum absolute atomic E-state index is 12.0. The van der Waals surface area contributed by atoms with Gasteiger partial charge in [-0.25, -0.2) is 0 Å². The Labute approximate surface area is 99.3 Å². The van der Waals surface area contributed by atoms with Crippen LogP contribution in [0.1, 0.15) is 38.5 Å². The van der Waals surface area contributed by atoms with Crippen LogP contribution in [0.25, 0.3) is 0 Å². The summed E-state index contributed by atoms with van der Waals surface area (Å²) in [6.07, 6.45) is 3.82. The third-order valence-electron chi connectivity index (χ3n) is 3.49. The molecule has 17 heavy (non-hydrogen) atoms. The first-order chi connectivity index (χ1) is 8.01. The molecule has 4 N–H and O–H groups in total. The summed E-state index contributed by atoms with van der Waals surface area (Å²) in [7, 11) is 0. The number of nitrogens with one attached hydrogen (secondary N) is 2. The van der Waals surface area contributed by atoms with Crippen molar-refractivity contribution in [3.8, 4) is 0 Å². The molecular weight excluding hydrogens is 222 g/mol. The monoisotopic (exact) mass is 239 g/mol. The first-order valence-corrected chi connectivity index (χ1v) is 5.95. The lowest BCUT2D eigenvalue weighted by Gasteiger charge is -2.27. The van der Waals surface area contributed by atoms with Gasteiger partial charge >= 0.3 is 0 Å². The van der Waals surface area contributed by atoms with Crippen LogP contribution in [0, 0.1) is 0 Å². The summed E-state index contributed by atoms with van der Waals surface area (Å²) in [5.41, 5.74) is 5.15. The molecule has 1 saturated carbocycles. The fourth-order valence-electron chi connectivity index (χ4n) is 2.37. The highest BCUT2D eigenvalue weighted by Crippen LogP contribution is 2.27. The summed E-state index contributed by atoms with van der Waals surface area (Å²) < 4.78 is 0. The normalized spacial score (nSPS) is 27.7. The molecule has 1 heterocycles. The molecule has 1 unspecified atom stereocenters. The van der Waals surface area contributed by atoms with Crippen molar-refractivity contribution in [1.82, 2.24) is 10.6 Å². The summed E-state index contributed by atoms with van der Waals surface area (Å²) in [6, 6.07) is -0.624. The highest BCUT2D eigenvalue weighted by atomic mass is 16.2. The zero-order valence-electron chi connectivity index (χ0n) is 9.62. The summed E-state index contributed by atoms with van der Waals surface area (Å²) >= 11 is 0. The first kappa shape index (κ1) is 12.0. The highest BCUT2D eigenvalue weighted by molar-refractivity contribution is 6.02. The molecule has 0 aromatic rings. The minimum atomic E-state index is -0.832. The Morgan fingerprint density at radius 2 is 2.00 bits per heavy atom. The SMILES string of the molecule is NC1(C(=O)NC2CCC(=O)NC2=O)CCCC1. The van der Waals surface area contributed by atoms with Crippen molar-refractivity contribution in [1.29, 1.82) is 0 Å². The Morgan fingerprint density at radius 3 is 2.59 bits per heavy atom. The number of piperidine rings is 1. The average molecular weight is 239 g/mol. The van der Waals surface area contributed by atoms with Gasteiger partial charge in [0, 0.05) is 6.42 Å². The molecule has 2 fully saturated rings. The fraction of sp³-hybridized carbons (Fsp3) is 0.727. The number of imide groups is 1. The second kappa shape index (κ2) is 4.44. The molecule has 0 aromatic carbocycles. The quantitative estimate of drug-likeness (QED) is 0.548. The number of hydrogen-bond donors (Lipinski definition) is 3. The Balaban J connectivity index is 1.94. The van der Waals surface area contributed by atoms with E-state index in [9.17, 15) is 14.4 Å². The topological polar surface area (TPSA) is 101 Å². The van der Waals surface area contributed by atoms with Gasteiger partial charge in [0.05, 0.1) is 5.54 Å². The predicted octanol–water partition coefficient (Wildman–Crippen LogP) is -0.821. The number of carbonyl (C=O) groups excluding carboxylic acids is 3. The molecule has 1 aliphatic carbocycles. The lowest BCUT2D eigenvalue weighted by molar-refractivity contribution is -0.138. The van der Waals surface area contributed by atoms with E-state index in [1.807, 2.05) is 0 Å². The van der Waals surface area contributed by atoms with Gasteiger partial charge < -0.3 is 11.1 Å². The van der Waals surface area contributed by atoms with E-state index in [1.54, 1.807) is 0 Å². The van der Waals surface area contributed by atoms with Crippen molar-refractivity contribution in [3.63, 3.8) is 0 Å². The number of rotatable bonds is 2. The van der Waals surface area contributed by atoms with Gasteiger partial charge in [-0.2, -0.15) is 0 Å². The van der Waals surface area contributed by atoms with Crippen molar-refractivity contribution in [2.75, 3.05) is 0 Å². The van der Waals surface area contributed by atoms with Crippen molar-refractivity contribution in [3.05, 3.63) is 0 Å². The zero-order chi connectivity index (χ0) is 12.5. The van der Waals surface area contributed by atoms with Gasteiger partial charge in [0.25, 0.3) is 0 Å². The Morgan fingerprint density at radius 1 is 1.35 bits per heavy atom. The maximum atomic E-state index is 12.0. The van der Waals surface area contributed by atoms with E-state index in [2.05, 4.69) is 10.6 Å². The lowest BCUT2D eigenvalue weighted by atomic mass is 9.96. The van der Waals surface area contributed by atoms with Crippen LogP contribution in [0.5, 0.6) is 0 Å². The molecule has 6 heteroatoms. The Bertz CT molecular complexity index is 361. The van der Waals surface area contributed by atoms with Crippen LogP contribution in [0.15, 0.2) is 0 Å². The van der Waals surface area contributed by atoms with Gasteiger partial charge in [-0.3, -0.25) is 19.7 Å². The molecule has 1 saturated heterocycles. The van der Waals surface area contributed by atoms with E-state index in [0.717, 1.165) is 12.8 Å². The van der Waals surface area contributed by atoms with E-state index < -0.39 is 17.5 Å². The number of hydrogen-bond acceptors (Lipinski definition) is 4. The molecule has 1 aliphatic heterocycles. The molecule has 0 radical (unpaired) electrons. The highest BCUT2D eigenvalue weighted by Gasteiger charge is 2.39. The predicted molar refractivity (Wildman–Crippen MR) is 59.7 cm³/mol. The Hall–Kier alpha value is -1.43. The van der Waals surface area contributed by atoms with Crippen molar-refractivity contribution < 1.29 is 14.4 Å². The number of carbonyl (C=O) groups is 3. The minimum Gasteiger partial charge on any atom is -0.343 e. The third-order valence-corrected chi connectivity index (χ3v) is 3.49. The van der Waals surface area contributed by atoms with Crippen molar-refractivity contribution >= 4 is 17.7 Å². The van der Waals surface area contributed by atoms with Crippen LogP contribution in [-0.4, -0.2) is 29.3 Å². The van der Waals surface area contributed by atoms with Crippen molar-refractivity contribution in [2.24, 2.45) is 5.73 Å². The van der Waals surface area contributed by atoms with Crippen LogP contribution in [-0.2, 0) is 14.4 Å². The smallest absolute Gasteiger partial charge is 0.249 e. The van der Waals surface area contributed by atoms with Crippen molar-refractivity contribution in [2.45, 2.75) is 50.1 Å². The summed E-state index contributed by atoms with van der Waals surface area (Å²) in [4.78, 5) is 34.4. The Kier molecular flexibility index (Phi) is 3.15. The van der Waals surface area contributed by atoms with E-state index >= 15 is 0 Å². The third kappa shape index (κ3) is 2.46. The van der Waals surface area contributed by atoms with Crippen LogP contribution >= 0.6 is 0 Å². The number of nitrogens with two attached hydrogens (primary N) is 1. The first-order valence-electron chi connectivity index (χ1n) is 5.95. The number of amides is 3. The summed E-state index contributed by atoms with van der Waals surface area (Å²) in [5, 5.41) is 4.85. The summed E-state index contributed by atoms with van der Waals surface area (Å²) in [5.74, 6) is -0.996. The minimum absolute atomic E-state index is 0.258. The second-order valence-electron chi connectivity index (χ2n) is 4.84. The zero-order valence-corrected chi connectivity index (χ0v) is 9.62. The van der Waals surface area contributed by atoms with Crippen LogP contribution in [0.3, 0.4) is 0 Å². The standard InChI is InChI=1S/C11H17N3O3/c12-11(5-1-2-6-11)10(17)13-7-3-4-8(15)14-9(7)16/h7H,1-6,12H2,(H,13,17)(H,14,15,16). The van der Waals surface area contributed by atoms with E-state index in [-0.39, 0.29) is 18.2 Å². The lowest BCUT2D eigenvalue weighted by Crippen LogP contribution is -2.59. The van der Waals surface area contributed by atoms with Gasteiger partial charge in [-0.1, -0.05) is 12.8 Å². The molecule has 1 atom stereocenters. The fourth-order valence-corrected chi connectivity index (χ4v) is 2.37. The van der Waals surface area contributed by atoms with Gasteiger partial charge in [0.2, 0.25) is 17.7 Å². The molecular formula is C11H17N3O3. The molecule has 6 nitrogen and oxygen atoms in total. The molecule has 2 rings (SSSR count). The van der Waals surface area contributed by atoms with Gasteiger partial charge in [-0.05, 0) is 19.3 Å². The van der Waals surface area contributed by atoms with Crippen LogP contribution < -0.4 is 16.4 Å². The van der Waals surface area contributed by atoms with Gasteiger partial charge in [0.15, 0.2) is 0 Å². The second-order valence-corrected chi connectivity index (χ2v) is 4.84. The maximum Gasteiger partial charge on any atom is 0.249 e. The van der Waals surface area contributed by atoms with Gasteiger partial charge in [-0.15, -0.1) is 0 Å². The molecule has 0 bridgehead atoms. The molecule has 0 spiro atoms. The molecule has 3 amide bonds. The molecule has 94 valence electrons. The van der Waals surface area contributed by atoms with E-state index in [1.165, 1.54) is 0 Å². The average Bonchev–Trinajstić information content (AvgIpc) is 2.71. The van der Waals surface area contributed by atoms with Gasteiger partial charge in [0.1, 0.15) is 6.04 Å². The van der Waals surface area contributed by atoms with Crippen LogP contribution in [0.2, 0.25) is 0 Å².